The predicted octanol–water partition coefficient (Wildman–Crippen LogP) is 5.31. The molecule has 4 heterocycles. The van der Waals surface area contributed by atoms with Crippen molar-refractivity contribution in [1.82, 2.24) is 4.57 Å². The molecule has 4 aromatic rings. The van der Waals surface area contributed by atoms with Crippen LogP contribution in [0.5, 0.6) is 17.2 Å². The molecular formula is C41H50BrF2N3O5. The Morgan fingerprint density at radius 3 is 2.06 bits per heavy atom. The fraction of sp³-hybridized carbons (Fsp3) is 0.463. The number of rotatable bonds is 16. The molecule has 1 aromatic heterocycles. The maximum atomic E-state index is 14.1. The molecule has 8 nitrogen and oxygen atoms in total. The van der Waals surface area contributed by atoms with Gasteiger partial charge in [-0.15, -0.1) is 0 Å². The first-order valence-electron chi connectivity index (χ1n) is 18.4. The number of anilines is 1. The largest absolute Gasteiger partial charge is 1.00 e. The van der Waals surface area contributed by atoms with Crippen LogP contribution >= 0.6 is 0 Å². The van der Waals surface area contributed by atoms with Crippen LogP contribution in [0.3, 0.4) is 0 Å². The third-order valence-corrected chi connectivity index (χ3v) is 10.9. The van der Waals surface area contributed by atoms with Gasteiger partial charge in [0.25, 0.3) is 5.91 Å². The van der Waals surface area contributed by atoms with Gasteiger partial charge in [0.15, 0.2) is 0 Å². The molecule has 0 radical (unpaired) electrons. The third kappa shape index (κ3) is 8.97. The standard InChI is InChI=1S/C41H50F2N3O5.BrH/c1-4-44(32-22-30(42)21-31(43)23-32)41(48)38-28-45(33-24-35(49-2)26-36(25-33)50-3)39-27-34(11-12-37(39)40(38)47)51-20-10-8-6-5-7-9-16-46-17-13-29(14-18-46)15-19-46;/h11-12,21-29H,4-10,13-20H2,1-3H3;1H/q+1;/p-1. The highest BCUT2D eigenvalue weighted by Gasteiger charge is 2.38. The second-order valence-electron chi connectivity index (χ2n) is 14.1. The molecule has 52 heavy (non-hydrogen) atoms. The summed E-state index contributed by atoms with van der Waals surface area (Å²) >= 11 is 0. The van der Waals surface area contributed by atoms with Crippen molar-refractivity contribution in [3.63, 3.8) is 0 Å². The summed E-state index contributed by atoms with van der Waals surface area (Å²) in [6.07, 6.45) is 12.8. The van der Waals surface area contributed by atoms with Crippen LogP contribution in [0.1, 0.15) is 75.1 Å². The number of halogens is 3. The van der Waals surface area contributed by atoms with Crippen LogP contribution in [-0.2, 0) is 0 Å². The van der Waals surface area contributed by atoms with Gasteiger partial charge >= 0.3 is 0 Å². The Bertz CT molecular complexity index is 1850. The van der Waals surface area contributed by atoms with E-state index in [1.165, 1.54) is 86.7 Å². The fourth-order valence-corrected chi connectivity index (χ4v) is 7.90. The number of methoxy groups -OCH3 is 2. The monoisotopic (exact) mass is 781 g/mol. The van der Waals surface area contributed by atoms with E-state index in [0.29, 0.717) is 35.1 Å². The van der Waals surface area contributed by atoms with E-state index in [1.807, 2.05) is 0 Å². The summed E-state index contributed by atoms with van der Waals surface area (Å²) < 4.78 is 48.6. The fourth-order valence-electron chi connectivity index (χ4n) is 7.90. The average molecular weight is 783 g/mol. The summed E-state index contributed by atoms with van der Waals surface area (Å²) in [6, 6.07) is 13.3. The highest BCUT2D eigenvalue weighted by atomic mass is 79.9. The Balaban J connectivity index is 0.00000523. The molecule has 0 N–H and O–H groups in total. The number of aromatic nitrogens is 1. The van der Waals surface area contributed by atoms with Gasteiger partial charge in [-0.05, 0) is 75.6 Å². The molecule has 3 saturated heterocycles. The Labute approximate surface area is 315 Å². The summed E-state index contributed by atoms with van der Waals surface area (Å²) in [5.41, 5.74) is 0.458. The molecule has 3 aromatic carbocycles. The van der Waals surface area contributed by atoms with E-state index in [-0.39, 0.29) is 40.2 Å². The summed E-state index contributed by atoms with van der Waals surface area (Å²) in [5.74, 6) is 0.320. The quantitative estimate of drug-likeness (QED) is 0.114. The van der Waals surface area contributed by atoms with E-state index >= 15 is 0 Å². The van der Waals surface area contributed by atoms with Gasteiger partial charge in [0, 0.05) is 54.1 Å². The second kappa shape index (κ2) is 17.7. The zero-order chi connectivity index (χ0) is 36.0. The zero-order valence-corrected chi connectivity index (χ0v) is 32.1. The molecule has 0 spiro atoms. The number of fused-ring (bicyclic) bond motifs is 4. The van der Waals surface area contributed by atoms with Crippen LogP contribution in [0.4, 0.5) is 14.5 Å². The van der Waals surface area contributed by atoms with E-state index in [2.05, 4.69) is 0 Å². The van der Waals surface area contributed by atoms with E-state index < -0.39 is 23.0 Å². The Hall–Kier alpha value is -3.96. The first-order chi connectivity index (χ1) is 24.7. The molecule has 2 bridgehead atoms. The van der Waals surface area contributed by atoms with Crippen LogP contribution in [0.25, 0.3) is 16.6 Å². The first kappa shape index (κ1) is 39.3. The van der Waals surface area contributed by atoms with Crippen LogP contribution in [0, 0.1) is 17.6 Å². The van der Waals surface area contributed by atoms with E-state index in [4.69, 9.17) is 14.2 Å². The van der Waals surface area contributed by atoms with Crippen molar-refractivity contribution in [2.24, 2.45) is 5.92 Å². The highest BCUT2D eigenvalue weighted by Crippen LogP contribution is 2.34. The summed E-state index contributed by atoms with van der Waals surface area (Å²) in [4.78, 5) is 29.1. The average Bonchev–Trinajstić information content (AvgIpc) is 3.14. The van der Waals surface area contributed by atoms with Gasteiger partial charge in [-0.3, -0.25) is 9.59 Å². The van der Waals surface area contributed by atoms with Gasteiger partial charge < -0.3 is 45.1 Å². The van der Waals surface area contributed by atoms with Crippen molar-refractivity contribution in [2.75, 3.05) is 58.5 Å². The molecule has 0 saturated carbocycles. The number of carbonyl (C=O) groups is 1. The number of unbranched alkanes of at least 4 members (excludes halogenated alkanes) is 5. The summed E-state index contributed by atoms with van der Waals surface area (Å²) in [7, 11) is 3.08. The summed E-state index contributed by atoms with van der Waals surface area (Å²) in [5, 5.41) is 0.288. The third-order valence-electron chi connectivity index (χ3n) is 10.9. The number of carbonyl (C=O) groups excluding carboxylic acids is 1. The van der Waals surface area contributed by atoms with Gasteiger partial charge in [0.05, 0.1) is 58.2 Å². The molecule has 3 aliphatic rings. The van der Waals surface area contributed by atoms with E-state index in [1.54, 1.807) is 62.1 Å². The minimum absolute atomic E-state index is 0. The lowest BCUT2D eigenvalue weighted by Gasteiger charge is -2.49. The Morgan fingerprint density at radius 2 is 1.44 bits per heavy atom. The Kier molecular flexibility index (Phi) is 13.4. The van der Waals surface area contributed by atoms with Crippen LogP contribution in [0.2, 0.25) is 0 Å². The highest BCUT2D eigenvalue weighted by molar-refractivity contribution is 6.07. The molecular weight excluding hydrogens is 732 g/mol. The SMILES string of the molecule is CCN(C(=O)c1cn(-c2cc(OC)cc(OC)c2)c2cc(OCCCCCCCC[N+]34CCC(CC3)CC4)ccc2c1=O)c1cc(F)cc(F)c1.[Br-]. The molecule has 0 unspecified atom stereocenters. The van der Waals surface area contributed by atoms with Gasteiger partial charge in [0.1, 0.15) is 34.4 Å². The van der Waals surface area contributed by atoms with Crippen LogP contribution in [0.15, 0.2) is 65.6 Å². The molecule has 0 atom stereocenters. The van der Waals surface area contributed by atoms with Crippen molar-refractivity contribution < 1.29 is 49.3 Å². The van der Waals surface area contributed by atoms with Crippen molar-refractivity contribution in [1.29, 1.82) is 0 Å². The van der Waals surface area contributed by atoms with Crippen LogP contribution in [-0.4, -0.2) is 68.5 Å². The predicted molar refractivity (Wildman–Crippen MR) is 197 cm³/mol. The molecule has 7 rings (SSSR count). The number of benzene rings is 3. The Morgan fingerprint density at radius 1 is 0.827 bits per heavy atom. The van der Waals surface area contributed by atoms with E-state index in [9.17, 15) is 18.4 Å². The lowest BCUT2D eigenvalue weighted by Crippen LogP contribution is -3.00. The maximum absolute atomic E-state index is 14.1. The number of hydrogen-bond donors (Lipinski definition) is 0. The number of piperidine rings is 3. The normalized spacial score (nSPS) is 17.8. The van der Waals surface area contributed by atoms with E-state index in [0.717, 1.165) is 37.0 Å². The first-order valence-corrected chi connectivity index (χ1v) is 18.4. The van der Waals surface area contributed by atoms with Crippen molar-refractivity contribution in [2.45, 2.75) is 64.7 Å². The van der Waals surface area contributed by atoms with Gasteiger partial charge in [-0.1, -0.05) is 19.3 Å². The number of quaternary nitrogens is 1. The number of ether oxygens (including phenoxy) is 3. The topological polar surface area (TPSA) is 70.0 Å². The number of amides is 1. The molecule has 0 aliphatic carbocycles. The molecule has 3 fully saturated rings. The minimum Gasteiger partial charge on any atom is -1.00 e. The molecule has 3 aliphatic heterocycles. The van der Waals surface area contributed by atoms with Crippen molar-refractivity contribution in [3.8, 4) is 22.9 Å². The van der Waals surface area contributed by atoms with Gasteiger partial charge in [0.2, 0.25) is 5.43 Å². The van der Waals surface area contributed by atoms with Crippen LogP contribution < -0.4 is 41.5 Å². The minimum atomic E-state index is -0.821. The number of hydrogen-bond acceptors (Lipinski definition) is 5. The smallest absolute Gasteiger partial charge is 0.263 e. The van der Waals surface area contributed by atoms with Gasteiger partial charge in [-0.25, -0.2) is 8.78 Å². The maximum Gasteiger partial charge on any atom is 0.263 e. The number of pyridine rings is 1. The molecule has 11 heteroatoms. The molecule has 1 amide bonds. The lowest BCUT2D eigenvalue weighted by molar-refractivity contribution is -0.942. The lowest BCUT2D eigenvalue weighted by atomic mass is 9.85. The van der Waals surface area contributed by atoms with Crippen molar-refractivity contribution in [3.05, 3.63) is 88.2 Å². The van der Waals surface area contributed by atoms with Crippen molar-refractivity contribution >= 4 is 22.5 Å². The molecule has 280 valence electrons. The number of nitrogens with zero attached hydrogens (tertiary/aromatic N) is 3. The van der Waals surface area contributed by atoms with Gasteiger partial charge in [-0.2, -0.15) is 0 Å². The zero-order valence-electron chi connectivity index (χ0n) is 30.5. The second-order valence-corrected chi connectivity index (χ2v) is 14.1. The summed E-state index contributed by atoms with van der Waals surface area (Å²) in [6.45, 7) is 7.86.